The van der Waals surface area contributed by atoms with Crippen molar-refractivity contribution in [2.24, 2.45) is 5.92 Å². The minimum atomic E-state index is -1.86. The van der Waals surface area contributed by atoms with Crippen molar-refractivity contribution < 1.29 is 24.4 Å². The van der Waals surface area contributed by atoms with E-state index in [-0.39, 0.29) is 0 Å². The number of fused-ring (bicyclic) bond motifs is 3. The third-order valence-corrected chi connectivity index (χ3v) is 7.48. The molecule has 8 heteroatoms. The molecule has 2 aromatic carbocycles. The van der Waals surface area contributed by atoms with E-state index >= 15 is 0 Å². The Kier molecular flexibility index (Phi) is 6.41. The zero-order valence-corrected chi connectivity index (χ0v) is 20.2. The molecular weight excluding hydrogens is 458 g/mol. The van der Waals surface area contributed by atoms with Gasteiger partial charge in [-0.15, -0.1) is 0 Å². The number of hydrogen-bond donors (Lipinski definition) is 3. The minimum absolute atomic E-state index is 0.337. The smallest absolute Gasteiger partial charge is 0.177 e. The lowest BCUT2D eigenvalue weighted by Crippen LogP contribution is -2.52. The number of nitrogens with one attached hydrogen (secondary N) is 1. The summed E-state index contributed by atoms with van der Waals surface area (Å²) >= 11 is 0. The fraction of sp³-hybridized carbons (Fsp3) is 0.357. The molecule has 0 unspecified atom stereocenters. The lowest BCUT2D eigenvalue weighted by atomic mass is 9.70. The summed E-state index contributed by atoms with van der Waals surface area (Å²) < 4.78 is 17.5. The lowest BCUT2D eigenvalue weighted by Gasteiger charge is -2.41. The predicted molar refractivity (Wildman–Crippen MR) is 132 cm³/mol. The SMILES string of the molecule is COCCNC[C@H]1[C@@H](O)[C@@]2(O)c3c(OC)cncc3O[C@@]2(c2ccc(C#N)cc2)[C@@H]1c1ccccc1. The number of methoxy groups -OCH3 is 2. The number of aliphatic hydroxyl groups excluding tert-OH is 1. The average molecular weight is 488 g/mol. The van der Waals surface area contributed by atoms with Gasteiger partial charge in [0.15, 0.2) is 11.2 Å². The van der Waals surface area contributed by atoms with Crippen LogP contribution in [-0.4, -0.2) is 55.2 Å². The molecule has 36 heavy (non-hydrogen) atoms. The van der Waals surface area contributed by atoms with Gasteiger partial charge in [0, 0.05) is 32.0 Å². The van der Waals surface area contributed by atoms with Gasteiger partial charge >= 0.3 is 0 Å². The van der Waals surface area contributed by atoms with Crippen molar-refractivity contribution in [2.75, 3.05) is 33.9 Å². The molecule has 1 aliphatic heterocycles. The molecule has 0 spiro atoms. The Bertz CT molecular complexity index is 1260. The topological polar surface area (TPSA) is 117 Å². The number of aliphatic hydroxyl groups is 2. The van der Waals surface area contributed by atoms with E-state index in [4.69, 9.17) is 14.2 Å². The third-order valence-electron chi connectivity index (χ3n) is 7.48. The first-order chi connectivity index (χ1) is 17.5. The Balaban J connectivity index is 1.76. The van der Waals surface area contributed by atoms with Crippen LogP contribution in [-0.2, 0) is 15.9 Å². The highest BCUT2D eigenvalue weighted by molar-refractivity contribution is 5.59. The number of benzene rings is 2. The van der Waals surface area contributed by atoms with E-state index in [1.165, 1.54) is 13.3 Å². The van der Waals surface area contributed by atoms with Crippen molar-refractivity contribution in [1.29, 1.82) is 5.26 Å². The highest BCUT2D eigenvalue weighted by atomic mass is 16.5. The molecule has 8 nitrogen and oxygen atoms in total. The molecule has 1 aromatic heterocycles. The average Bonchev–Trinajstić information content (AvgIpc) is 3.30. The number of ether oxygens (including phenoxy) is 3. The van der Waals surface area contributed by atoms with Crippen LogP contribution in [0.1, 0.15) is 28.2 Å². The van der Waals surface area contributed by atoms with Crippen LogP contribution in [0.5, 0.6) is 11.5 Å². The zero-order chi connectivity index (χ0) is 25.3. The van der Waals surface area contributed by atoms with Crippen LogP contribution in [0.2, 0.25) is 0 Å². The molecule has 0 radical (unpaired) electrons. The summed E-state index contributed by atoms with van der Waals surface area (Å²) in [7, 11) is 3.14. The van der Waals surface area contributed by atoms with Crippen molar-refractivity contribution in [2.45, 2.75) is 23.2 Å². The molecule has 3 aromatic rings. The molecule has 186 valence electrons. The Labute approximate surface area is 210 Å². The molecule has 5 atom stereocenters. The van der Waals surface area contributed by atoms with Gasteiger partial charge in [-0.25, -0.2) is 0 Å². The van der Waals surface area contributed by atoms with Gasteiger partial charge in [-0.2, -0.15) is 5.26 Å². The molecule has 1 fully saturated rings. The maximum atomic E-state index is 12.7. The van der Waals surface area contributed by atoms with Gasteiger partial charge in [-0.05, 0) is 23.3 Å². The number of hydrogen-bond acceptors (Lipinski definition) is 8. The predicted octanol–water partition coefficient (Wildman–Crippen LogP) is 2.45. The molecule has 0 saturated heterocycles. The van der Waals surface area contributed by atoms with Gasteiger partial charge in [0.1, 0.15) is 11.5 Å². The minimum Gasteiger partial charge on any atom is -0.495 e. The van der Waals surface area contributed by atoms with Gasteiger partial charge < -0.3 is 29.7 Å². The van der Waals surface area contributed by atoms with Crippen LogP contribution in [0.4, 0.5) is 0 Å². The van der Waals surface area contributed by atoms with E-state index in [1.54, 1.807) is 37.6 Å². The first-order valence-corrected chi connectivity index (χ1v) is 11.9. The number of rotatable bonds is 8. The maximum Gasteiger partial charge on any atom is 0.177 e. The monoisotopic (exact) mass is 487 g/mol. The molecule has 3 N–H and O–H groups in total. The Morgan fingerprint density at radius 3 is 2.53 bits per heavy atom. The summed E-state index contributed by atoms with van der Waals surface area (Å²) in [6.07, 6.45) is 1.84. The lowest BCUT2D eigenvalue weighted by molar-refractivity contribution is -0.152. The van der Waals surface area contributed by atoms with E-state index in [0.29, 0.717) is 47.9 Å². The summed E-state index contributed by atoms with van der Waals surface area (Å²) in [5.41, 5.74) is -0.852. The van der Waals surface area contributed by atoms with Gasteiger partial charge in [0.25, 0.3) is 0 Å². The van der Waals surface area contributed by atoms with Crippen molar-refractivity contribution >= 4 is 0 Å². The van der Waals surface area contributed by atoms with Crippen LogP contribution >= 0.6 is 0 Å². The molecule has 0 amide bonds. The standard InChI is InChI=1S/C28H29N3O5/c1-34-13-12-30-15-21-24(19-6-4-3-5-7-19)28(20-10-8-18(14-29)9-11-20)27(33,26(21)32)25-22(35-2)16-31-17-23(25)36-28/h3-11,16-17,21,24,26,30,32-33H,12-13,15H2,1-2H3/t21-,24-,26-,27+,28+/m1/s1. The van der Waals surface area contributed by atoms with Crippen molar-refractivity contribution in [3.05, 3.63) is 89.2 Å². The summed E-state index contributed by atoms with van der Waals surface area (Å²) in [5.74, 6) is -0.203. The Morgan fingerprint density at radius 2 is 1.86 bits per heavy atom. The van der Waals surface area contributed by atoms with Crippen LogP contribution in [0, 0.1) is 17.2 Å². The zero-order valence-electron chi connectivity index (χ0n) is 20.2. The summed E-state index contributed by atoms with van der Waals surface area (Å²) in [6, 6.07) is 18.9. The van der Waals surface area contributed by atoms with Gasteiger partial charge in [0.05, 0.1) is 49.4 Å². The van der Waals surface area contributed by atoms with Gasteiger partial charge in [-0.3, -0.25) is 4.98 Å². The van der Waals surface area contributed by atoms with Crippen molar-refractivity contribution in [3.63, 3.8) is 0 Å². The van der Waals surface area contributed by atoms with E-state index in [2.05, 4.69) is 16.4 Å². The van der Waals surface area contributed by atoms with Crippen LogP contribution in [0.15, 0.2) is 67.0 Å². The Morgan fingerprint density at radius 1 is 1.11 bits per heavy atom. The van der Waals surface area contributed by atoms with Crippen LogP contribution in [0.3, 0.4) is 0 Å². The van der Waals surface area contributed by atoms with Crippen LogP contribution < -0.4 is 14.8 Å². The van der Waals surface area contributed by atoms with Crippen molar-refractivity contribution in [1.82, 2.24) is 10.3 Å². The second-order valence-corrected chi connectivity index (χ2v) is 9.20. The highest BCUT2D eigenvalue weighted by Gasteiger charge is 2.76. The van der Waals surface area contributed by atoms with E-state index in [0.717, 1.165) is 5.56 Å². The Hall–Kier alpha value is -3.48. The molecule has 1 saturated carbocycles. The number of aromatic nitrogens is 1. The molecule has 5 rings (SSSR count). The summed E-state index contributed by atoms with van der Waals surface area (Å²) in [6.45, 7) is 1.52. The van der Waals surface area contributed by atoms with Gasteiger partial charge in [-0.1, -0.05) is 42.5 Å². The van der Waals surface area contributed by atoms with E-state index in [9.17, 15) is 15.5 Å². The van der Waals surface area contributed by atoms with E-state index in [1.807, 2.05) is 30.3 Å². The molecule has 2 aliphatic rings. The van der Waals surface area contributed by atoms with Gasteiger partial charge in [0.2, 0.25) is 0 Å². The number of nitrogens with zero attached hydrogens (tertiary/aromatic N) is 2. The molecule has 0 bridgehead atoms. The fourth-order valence-corrected chi connectivity index (χ4v) is 6.00. The number of nitriles is 1. The van der Waals surface area contributed by atoms with Crippen LogP contribution in [0.25, 0.3) is 0 Å². The van der Waals surface area contributed by atoms with E-state index < -0.39 is 29.1 Å². The number of pyridine rings is 1. The van der Waals surface area contributed by atoms with Crippen molar-refractivity contribution in [3.8, 4) is 17.6 Å². The fourth-order valence-electron chi connectivity index (χ4n) is 6.00. The largest absolute Gasteiger partial charge is 0.495 e. The summed E-state index contributed by atoms with van der Waals surface area (Å²) in [4.78, 5) is 4.24. The summed E-state index contributed by atoms with van der Waals surface area (Å²) in [5, 5.41) is 37.4. The quantitative estimate of drug-likeness (QED) is 0.415. The molecular formula is C28H29N3O5. The highest BCUT2D eigenvalue weighted by Crippen LogP contribution is 2.69. The second-order valence-electron chi connectivity index (χ2n) is 9.20. The second kappa shape index (κ2) is 9.52. The molecule has 1 aliphatic carbocycles. The third kappa shape index (κ3) is 3.39. The first-order valence-electron chi connectivity index (χ1n) is 11.9. The normalized spacial score (nSPS) is 28.1. The molecule has 2 heterocycles. The first kappa shape index (κ1) is 24.2. The maximum absolute atomic E-state index is 12.7.